The molecule has 0 aromatic heterocycles. The summed E-state index contributed by atoms with van der Waals surface area (Å²) in [5.74, 6) is -0.833. The highest BCUT2D eigenvalue weighted by Crippen LogP contribution is 2.33. The number of amides is 3. The standard InChI is InChI=1S/C19H22FN3O3/c20-15-3-1-2-13(8-15)10-21-6-7-22(12-18(21)25)19(26)14-9-17(24)23(11-14)16-4-5-16/h1-3,8,14,16H,4-7,9-12H2. The maximum Gasteiger partial charge on any atom is 0.242 e. The molecule has 7 heteroatoms. The van der Waals surface area contributed by atoms with Gasteiger partial charge < -0.3 is 14.7 Å². The Hall–Kier alpha value is -2.44. The Morgan fingerprint density at radius 2 is 1.96 bits per heavy atom. The third kappa shape index (κ3) is 3.43. The summed E-state index contributed by atoms with van der Waals surface area (Å²) < 4.78 is 13.3. The number of piperazine rings is 1. The van der Waals surface area contributed by atoms with Crippen LogP contribution < -0.4 is 0 Å². The molecular formula is C19H22FN3O3. The topological polar surface area (TPSA) is 60.9 Å². The average molecular weight is 359 g/mol. The second kappa shape index (κ2) is 6.70. The number of hydrogen-bond donors (Lipinski definition) is 0. The fourth-order valence-corrected chi connectivity index (χ4v) is 3.81. The minimum absolute atomic E-state index is 0.0300. The molecule has 2 heterocycles. The lowest BCUT2D eigenvalue weighted by Gasteiger charge is -2.35. The molecule has 4 rings (SSSR count). The van der Waals surface area contributed by atoms with Crippen molar-refractivity contribution in [1.29, 1.82) is 0 Å². The molecule has 0 spiro atoms. The third-order valence-corrected chi connectivity index (χ3v) is 5.39. The summed E-state index contributed by atoms with van der Waals surface area (Å²) >= 11 is 0. The fourth-order valence-electron chi connectivity index (χ4n) is 3.81. The molecule has 1 atom stereocenters. The second-order valence-electron chi connectivity index (χ2n) is 7.38. The lowest BCUT2D eigenvalue weighted by atomic mass is 10.1. The molecule has 0 bridgehead atoms. The number of nitrogens with zero attached hydrogens (tertiary/aromatic N) is 3. The molecule has 1 saturated carbocycles. The predicted molar refractivity (Wildman–Crippen MR) is 91.2 cm³/mol. The van der Waals surface area contributed by atoms with Crippen LogP contribution in [0.2, 0.25) is 0 Å². The van der Waals surface area contributed by atoms with Gasteiger partial charge in [0.2, 0.25) is 17.7 Å². The Morgan fingerprint density at radius 3 is 2.65 bits per heavy atom. The number of carbonyl (C=O) groups excluding carboxylic acids is 3. The van der Waals surface area contributed by atoms with Crippen LogP contribution in [-0.2, 0) is 20.9 Å². The van der Waals surface area contributed by atoms with Crippen molar-refractivity contribution in [2.24, 2.45) is 5.92 Å². The zero-order chi connectivity index (χ0) is 18.3. The van der Waals surface area contributed by atoms with Gasteiger partial charge in [-0.3, -0.25) is 14.4 Å². The van der Waals surface area contributed by atoms with Crippen molar-refractivity contribution in [3.8, 4) is 0 Å². The predicted octanol–water partition coefficient (Wildman–Crippen LogP) is 1.01. The molecule has 26 heavy (non-hydrogen) atoms. The zero-order valence-corrected chi connectivity index (χ0v) is 14.6. The Labute approximate surface area is 151 Å². The van der Waals surface area contributed by atoms with Gasteiger partial charge in [0, 0.05) is 38.6 Å². The lowest BCUT2D eigenvalue weighted by molar-refractivity contribution is -0.147. The van der Waals surface area contributed by atoms with Crippen molar-refractivity contribution in [3.63, 3.8) is 0 Å². The summed E-state index contributed by atoms with van der Waals surface area (Å²) in [6.07, 6.45) is 2.32. The van der Waals surface area contributed by atoms with E-state index in [1.807, 2.05) is 4.90 Å². The van der Waals surface area contributed by atoms with E-state index in [-0.39, 0.29) is 42.4 Å². The van der Waals surface area contributed by atoms with Gasteiger partial charge in [-0.1, -0.05) is 12.1 Å². The van der Waals surface area contributed by atoms with E-state index < -0.39 is 0 Å². The van der Waals surface area contributed by atoms with E-state index in [2.05, 4.69) is 0 Å². The maximum absolute atomic E-state index is 13.3. The van der Waals surface area contributed by atoms with Crippen LogP contribution in [0.1, 0.15) is 24.8 Å². The average Bonchev–Trinajstić information content (AvgIpc) is 3.38. The number of carbonyl (C=O) groups is 3. The quantitative estimate of drug-likeness (QED) is 0.806. The molecule has 6 nitrogen and oxygen atoms in total. The maximum atomic E-state index is 13.3. The van der Waals surface area contributed by atoms with Crippen LogP contribution in [0.25, 0.3) is 0 Å². The van der Waals surface area contributed by atoms with Crippen molar-refractivity contribution in [2.75, 3.05) is 26.2 Å². The number of hydrogen-bond acceptors (Lipinski definition) is 3. The highest BCUT2D eigenvalue weighted by atomic mass is 19.1. The Kier molecular flexibility index (Phi) is 4.38. The van der Waals surface area contributed by atoms with Crippen molar-refractivity contribution in [1.82, 2.24) is 14.7 Å². The van der Waals surface area contributed by atoms with Gasteiger partial charge in [0.25, 0.3) is 0 Å². The van der Waals surface area contributed by atoms with Gasteiger partial charge in [-0.2, -0.15) is 0 Å². The number of halogens is 1. The molecule has 3 fully saturated rings. The van der Waals surface area contributed by atoms with Crippen molar-refractivity contribution >= 4 is 17.7 Å². The van der Waals surface area contributed by atoms with Crippen LogP contribution in [0.3, 0.4) is 0 Å². The van der Waals surface area contributed by atoms with Crippen LogP contribution >= 0.6 is 0 Å². The van der Waals surface area contributed by atoms with E-state index >= 15 is 0 Å². The van der Waals surface area contributed by atoms with Gasteiger partial charge in [-0.05, 0) is 30.5 Å². The minimum Gasteiger partial charge on any atom is -0.339 e. The Morgan fingerprint density at radius 1 is 1.15 bits per heavy atom. The largest absolute Gasteiger partial charge is 0.339 e. The number of rotatable bonds is 4. The van der Waals surface area contributed by atoms with Crippen LogP contribution in [0.4, 0.5) is 4.39 Å². The molecular weight excluding hydrogens is 337 g/mol. The molecule has 0 N–H and O–H groups in total. The summed E-state index contributed by atoms with van der Waals surface area (Å²) in [6, 6.07) is 6.52. The van der Waals surface area contributed by atoms with Gasteiger partial charge in [0.1, 0.15) is 5.82 Å². The molecule has 3 aliphatic rings. The summed E-state index contributed by atoms with van der Waals surface area (Å²) in [7, 11) is 0. The van der Waals surface area contributed by atoms with Crippen LogP contribution in [0.5, 0.6) is 0 Å². The van der Waals surface area contributed by atoms with Gasteiger partial charge >= 0.3 is 0 Å². The van der Waals surface area contributed by atoms with E-state index in [1.165, 1.54) is 12.1 Å². The molecule has 1 aliphatic carbocycles. The molecule has 1 aromatic carbocycles. The van der Waals surface area contributed by atoms with Gasteiger partial charge in [-0.15, -0.1) is 0 Å². The molecule has 138 valence electrons. The minimum atomic E-state index is -0.328. The Bertz CT molecular complexity index is 749. The number of likely N-dealkylation sites (tertiary alicyclic amines) is 1. The monoisotopic (exact) mass is 359 g/mol. The van der Waals surface area contributed by atoms with E-state index in [1.54, 1.807) is 21.9 Å². The summed E-state index contributed by atoms with van der Waals surface area (Å²) in [5.41, 5.74) is 0.736. The number of benzene rings is 1. The van der Waals surface area contributed by atoms with Gasteiger partial charge in [0.05, 0.1) is 12.5 Å². The summed E-state index contributed by atoms with van der Waals surface area (Å²) in [5, 5.41) is 0. The third-order valence-electron chi connectivity index (χ3n) is 5.39. The lowest BCUT2D eigenvalue weighted by Crippen LogP contribution is -2.53. The molecule has 2 aliphatic heterocycles. The van der Waals surface area contributed by atoms with Crippen LogP contribution in [-0.4, -0.2) is 64.6 Å². The Balaban J connectivity index is 1.34. The second-order valence-corrected chi connectivity index (χ2v) is 7.38. The first-order chi connectivity index (χ1) is 12.5. The van der Waals surface area contributed by atoms with E-state index in [4.69, 9.17) is 0 Å². The molecule has 1 unspecified atom stereocenters. The van der Waals surface area contributed by atoms with E-state index in [9.17, 15) is 18.8 Å². The van der Waals surface area contributed by atoms with Gasteiger partial charge in [-0.25, -0.2) is 4.39 Å². The normalized spacial score (nSPS) is 23.7. The van der Waals surface area contributed by atoms with E-state index in [0.717, 1.165) is 18.4 Å². The van der Waals surface area contributed by atoms with Crippen LogP contribution in [0, 0.1) is 11.7 Å². The molecule has 1 aromatic rings. The summed E-state index contributed by atoms with van der Waals surface area (Å²) in [4.78, 5) is 42.2. The van der Waals surface area contributed by atoms with Gasteiger partial charge in [0.15, 0.2) is 0 Å². The molecule has 2 saturated heterocycles. The molecule has 3 amide bonds. The van der Waals surface area contributed by atoms with Crippen molar-refractivity contribution in [2.45, 2.75) is 31.8 Å². The SMILES string of the molecule is O=C1CN(C(=O)C2CC(=O)N(C3CC3)C2)CCN1Cc1cccc(F)c1. The highest BCUT2D eigenvalue weighted by Gasteiger charge is 2.43. The van der Waals surface area contributed by atoms with Crippen molar-refractivity contribution in [3.05, 3.63) is 35.6 Å². The fraction of sp³-hybridized carbons (Fsp3) is 0.526. The van der Waals surface area contributed by atoms with Crippen molar-refractivity contribution < 1.29 is 18.8 Å². The first-order valence-electron chi connectivity index (χ1n) is 9.12. The smallest absolute Gasteiger partial charge is 0.242 e. The van der Waals surface area contributed by atoms with E-state index in [0.29, 0.717) is 32.2 Å². The summed E-state index contributed by atoms with van der Waals surface area (Å²) in [6.45, 7) is 1.74. The first-order valence-corrected chi connectivity index (χ1v) is 9.12. The highest BCUT2D eigenvalue weighted by molar-refractivity contribution is 5.92. The van der Waals surface area contributed by atoms with Crippen LogP contribution in [0.15, 0.2) is 24.3 Å². The first kappa shape index (κ1) is 17.0. The zero-order valence-electron chi connectivity index (χ0n) is 14.6. The molecule has 0 radical (unpaired) electrons.